The third kappa shape index (κ3) is 7.46. The van der Waals surface area contributed by atoms with Crippen molar-refractivity contribution in [1.29, 1.82) is 0 Å². The average molecular weight is 773 g/mol. The van der Waals surface area contributed by atoms with Gasteiger partial charge in [0.15, 0.2) is 0 Å². The van der Waals surface area contributed by atoms with Crippen LogP contribution < -0.4 is 4.90 Å². The molecule has 278 valence electrons. The van der Waals surface area contributed by atoms with Crippen LogP contribution in [0.3, 0.4) is 0 Å². The first-order valence-electron chi connectivity index (χ1n) is 29.0. The molecule has 0 aliphatic heterocycles. The summed E-state index contributed by atoms with van der Waals surface area (Å²) in [6.07, 6.45) is 0. The maximum atomic E-state index is 9.66. The summed E-state index contributed by atoms with van der Waals surface area (Å²) in [4.78, 5) is 0.626. The van der Waals surface area contributed by atoms with Gasteiger partial charge in [0, 0.05) is 17.1 Å². The molecule has 0 radical (unpaired) electrons. The molecule has 0 spiro atoms. The maximum absolute atomic E-state index is 9.66. The highest BCUT2D eigenvalue weighted by Gasteiger charge is 2.15. The molecular weight excluding hydrogens is 711 g/mol. The summed E-state index contributed by atoms with van der Waals surface area (Å²) in [5.74, 6) is 0. The number of nitrogens with zero attached hydrogens (tertiary/aromatic N) is 1. The molecule has 0 saturated heterocycles. The van der Waals surface area contributed by atoms with E-state index in [4.69, 9.17) is 12.3 Å². The quantitative estimate of drug-likeness (QED) is 0.141. The zero-order valence-electron chi connectivity index (χ0n) is 52.0. The second-order valence-corrected chi connectivity index (χ2v) is 13.3. The van der Waals surface area contributed by atoms with Gasteiger partial charge in [0.05, 0.1) is 28.8 Å². The van der Waals surface area contributed by atoms with Crippen molar-refractivity contribution < 1.29 is 28.8 Å². The Hall–Kier alpha value is -7.74. The van der Waals surface area contributed by atoms with Crippen molar-refractivity contribution in [3.05, 3.63) is 248 Å². The first-order valence-corrected chi connectivity index (χ1v) is 18.5. The lowest BCUT2D eigenvalue weighted by Crippen LogP contribution is -2.09. The lowest BCUT2D eigenvalue weighted by atomic mass is 9.95. The van der Waals surface area contributed by atoms with Crippen molar-refractivity contribution in [3.8, 4) is 66.8 Å². The van der Waals surface area contributed by atoms with Gasteiger partial charge in [0.25, 0.3) is 0 Å². The summed E-state index contributed by atoms with van der Waals surface area (Å²) in [5.41, 5.74) is -2.20. The molecule has 1 nitrogen and oxygen atoms in total. The fraction of sp³-hybridized carbons (Fsp3) is 0. The topological polar surface area (TPSA) is 3.24 Å². The van der Waals surface area contributed by atoms with Crippen molar-refractivity contribution in [2.24, 2.45) is 0 Å². The van der Waals surface area contributed by atoms with Gasteiger partial charge >= 0.3 is 0 Å². The molecule has 0 heterocycles. The Morgan fingerprint density at radius 3 is 1.25 bits per heavy atom. The van der Waals surface area contributed by atoms with Crippen LogP contribution >= 0.6 is 0 Å². The van der Waals surface area contributed by atoms with E-state index in [0.29, 0.717) is 10.5 Å². The molecule has 0 unspecified atom stereocenters. The Bertz CT molecular complexity index is 4110. The summed E-state index contributed by atoms with van der Waals surface area (Å²) in [6, 6.07) is 17.9. The van der Waals surface area contributed by atoms with E-state index in [-0.39, 0.29) is 22.3 Å². The highest BCUT2D eigenvalue weighted by Crippen LogP contribution is 2.39. The van der Waals surface area contributed by atoms with E-state index in [0.717, 1.165) is 27.5 Å². The summed E-state index contributed by atoms with van der Waals surface area (Å²) < 4.78 is 192. The van der Waals surface area contributed by atoms with Crippen molar-refractivity contribution in [2.75, 3.05) is 4.90 Å². The summed E-state index contributed by atoms with van der Waals surface area (Å²) >= 11 is 0. The zero-order valence-corrected chi connectivity index (χ0v) is 31.0. The second kappa shape index (κ2) is 16.0. The van der Waals surface area contributed by atoms with E-state index in [1.165, 1.54) is 0 Å². The molecule has 59 heavy (non-hydrogen) atoms. The van der Waals surface area contributed by atoms with Crippen LogP contribution in [0.25, 0.3) is 77.5 Å². The molecule has 10 aromatic carbocycles. The molecule has 0 amide bonds. The maximum Gasteiger partial charge on any atom is 0.0645 e. The van der Waals surface area contributed by atoms with Crippen molar-refractivity contribution in [1.82, 2.24) is 0 Å². The predicted octanol–water partition coefficient (Wildman–Crippen LogP) is 16.3. The summed E-state index contributed by atoms with van der Waals surface area (Å²) in [6.45, 7) is 0. The van der Waals surface area contributed by atoms with Gasteiger partial charge < -0.3 is 4.90 Å². The Balaban J connectivity index is 1.22. The number of fused-ring (bicyclic) bond motifs is 1. The number of anilines is 3. The Labute approximate surface area is 376 Å². The van der Waals surface area contributed by atoms with Gasteiger partial charge in [-0.3, -0.25) is 0 Å². The van der Waals surface area contributed by atoms with Crippen molar-refractivity contribution in [3.63, 3.8) is 0 Å². The third-order valence-electron chi connectivity index (χ3n) is 9.66. The largest absolute Gasteiger partial charge is 0.311 e. The highest BCUT2D eigenvalue weighted by atomic mass is 15.1. The van der Waals surface area contributed by atoms with Crippen molar-refractivity contribution >= 4 is 27.8 Å². The summed E-state index contributed by atoms with van der Waals surface area (Å²) in [5, 5.41) is 1.85. The van der Waals surface area contributed by atoms with Crippen LogP contribution in [0.15, 0.2) is 248 Å². The van der Waals surface area contributed by atoms with Crippen LogP contribution in [0.5, 0.6) is 0 Å². The van der Waals surface area contributed by atoms with E-state index in [1.807, 2.05) is 78.9 Å². The van der Waals surface area contributed by atoms with Gasteiger partial charge in [0.2, 0.25) is 0 Å². The zero-order chi connectivity index (χ0) is 57.7. The average Bonchev–Trinajstić information content (AvgIpc) is 3.64. The predicted molar refractivity (Wildman–Crippen MR) is 251 cm³/mol. The highest BCUT2D eigenvalue weighted by molar-refractivity contribution is 5.97. The molecule has 0 saturated carbocycles. The number of hydrogen-bond donors (Lipinski definition) is 0. The minimum atomic E-state index is -1.08. The minimum absolute atomic E-state index is 0.186. The van der Waals surface area contributed by atoms with Crippen LogP contribution in [0, 0.1) is 0 Å². The van der Waals surface area contributed by atoms with E-state index in [2.05, 4.69) is 0 Å². The Morgan fingerprint density at radius 1 is 0.271 bits per heavy atom. The molecule has 0 aliphatic carbocycles. The van der Waals surface area contributed by atoms with Crippen LogP contribution in [0.4, 0.5) is 17.1 Å². The molecule has 0 aromatic heterocycles. The standard InChI is InChI=1S/C58H41N/c1-3-11-42(12-4-1)44-21-25-46(26-22-44)48-29-35-54(36-30-48)59(55-37-31-49(32-38-55)47-27-23-45(24-28-47)43-13-5-2-6-14-43)56-39-33-50(34-40-56)52-17-9-18-53(41-52)58-20-10-16-51-15-7-8-19-57(51)58/h1-41H/i1D,3D,4D,11D,12D,21D,22D,25D,26D,29D,30D,31D,32D,33D,34D,35D,36D,37D,38D,39D,40D. The lowest BCUT2D eigenvalue weighted by molar-refractivity contribution is 1.28. The molecule has 1 heteroatoms. The van der Waals surface area contributed by atoms with Crippen LogP contribution in [-0.4, -0.2) is 0 Å². The van der Waals surface area contributed by atoms with Crippen LogP contribution in [0.1, 0.15) is 28.8 Å². The van der Waals surface area contributed by atoms with E-state index in [9.17, 15) is 16.4 Å². The molecule has 10 rings (SSSR count). The first kappa shape index (κ1) is 19.6. The number of rotatable bonds is 9. The first-order chi connectivity index (χ1) is 38.0. The normalized spacial score (nSPS) is 16.0. The molecule has 0 aliphatic rings. The van der Waals surface area contributed by atoms with E-state index in [1.54, 1.807) is 42.5 Å². The van der Waals surface area contributed by atoms with E-state index < -0.39 is 166 Å². The van der Waals surface area contributed by atoms with Crippen LogP contribution in [-0.2, 0) is 0 Å². The van der Waals surface area contributed by atoms with Gasteiger partial charge in [-0.05, 0) is 120 Å². The van der Waals surface area contributed by atoms with Gasteiger partial charge in [0.1, 0.15) is 0 Å². The molecule has 0 atom stereocenters. The minimum Gasteiger partial charge on any atom is -0.311 e. The smallest absolute Gasteiger partial charge is 0.0645 e. The van der Waals surface area contributed by atoms with Gasteiger partial charge in [-0.15, -0.1) is 0 Å². The number of benzene rings is 10. The molecule has 0 fully saturated rings. The van der Waals surface area contributed by atoms with Crippen LogP contribution in [0.2, 0.25) is 0 Å². The van der Waals surface area contributed by atoms with Gasteiger partial charge in [-0.25, -0.2) is 0 Å². The molecular formula is C58H41N. The fourth-order valence-electron chi connectivity index (χ4n) is 6.72. The summed E-state index contributed by atoms with van der Waals surface area (Å²) in [7, 11) is 0. The SMILES string of the molecule is [2H]c1c([2H])c([2H])c(-c2c([2H])c([2H])c(-c3c([2H])c([2H])c(N(c4c([2H])c([2H])c(-c5ccc(-c6ccccc6)cc5)c([2H])c4[2H])c4c([2H])c([2H])c(-c5cccc(-c6cccc7ccccc67)c5)c([2H])c4[2H])c([2H])c3[2H])c([2H])c2[2H])c([2H])c1[2H]. The molecule has 10 aromatic rings. The Kier molecular flexibility index (Phi) is 5.32. The fourth-order valence-corrected chi connectivity index (χ4v) is 6.72. The van der Waals surface area contributed by atoms with Gasteiger partial charge in [-0.2, -0.15) is 0 Å². The van der Waals surface area contributed by atoms with Gasteiger partial charge in [-0.1, -0.05) is 206 Å². The third-order valence-corrected chi connectivity index (χ3v) is 9.66. The van der Waals surface area contributed by atoms with E-state index >= 15 is 0 Å². The number of hydrogen-bond acceptors (Lipinski definition) is 1. The Morgan fingerprint density at radius 2 is 0.661 bits per heavy atom. The molecule has 0 N–H and O–H groups in total. The van der Waals surface area contributed by atoms with Crippen molar-refractivity contribution in [2.45, 2.75) is 0 Å². The molecule has 0 bridgehead atoms. The second-order valence-electron chi connectivity index (χ2n) is 13.3. The monoisotopic (exact) mass is 772 g/mol. The lowest BCUT2D eigenvalue weighted by Gasteiger charge is -2.26.